The lowest BCUT2D eigenvalue weighted by Crippen LogP contribution is -2.19. The molecule has 3 heterocycles. The predicted molar refractivity (Wildman–Crippen MR) is 96.2 cm³/mol. The van der Waals surface area contributed by atoms with Gasteiger partial charge in [0.25, 0.3) is 0 Å². The molecule has 4 rings (SSSR count). The van der Waals surface area contributed by atoms with Crippen LogP contribution in [0.2, 0.25) is 0 Å². The third kappa shape index (κ3) is 3.20. The number of hydrogen-bond acceptors (Lipinski definition) is 4. The van der Waals surface area contributed by atoms with Gasteiger partial charge in [-0.1, -0.05) is 30.3 Å². The van der Waals surface area contributed by atoms with E-state index < -0.39 is 11.8 Å². The van der Waals surface area contributed by atoms with Gasteiger partial charge in [-0.25, -0.2) is 19.2 Å². The quantitative estimate of drug-likeness (QED) is 0.508. The average molecular weight is 353 g/mol. The monoisotopic (exact) mass is 353 g/mol. The molecule has 0 unspecified atom stereocenters. The van der Waals surface area contributed by atoms with Gasteiger partial charge in [0.1, 0.15) is 11.5 Å². The first kappa shape index (κ1) is 15.3. The minimum atomic E-state index is -0.469. The smallest absolute Gasteiger partial charge is 0.325 e. The molecule has 8 heteroatoms. The van der Waals surface area contributed by atoms with Crippen LogP contribution in [-0.4, -0.2) is 21.0 Å². The van der Waals surface area contributed by atoms with Gasteiger partial charge < -0.3 is 10.3 Å². The number of aromatic nitrogens is 3. The molecule has 0 aliphatic carbocycles. The Hall–Kier alpha value is -3.26. The van der Waals surface area contributed by atoms with Gasteiger partial charge in [-0.3, -0.25) is 5.32 Å². The molecule has 2 amide bonds. The molecule has 0 bridgehead atoms. The van der Waals surface area contributed by atoms with Crippen molar-refractivity contribution in [3.8, 4) is 11.3 Å². The molecule has 124 valence electrons. The van der Waals surface area contributed by atoms with Gasteiger partial charge in [0.15, 0.2) is 5.13 Å². The van der Waals surface area contributed by atoms with E-state index in [0.717, 1.165) is 17.5 Å². The number of pyridine rings is 1. The second-order valence-electron chi connectivity index (χ2n) is 5.24. The third-order valence-corrected chi connectivity index (χ3v) is 4.30. The number of hydrogen-bond donors (Lipinski definition) is 3. The summed E-state index contributed by atoms with van der Waals surface area (Å²) in [7, 11) is 0. The first-order valence-corrected chi connectivity index (χ1v) is 8.28. The predicted octanol–water partition coefficient (Wildman–Crippen LogP) is 4.47. The van der Waals surface area contributed by atoms with Crippen molar-refractivity contribution in [1.29, 1.82) is 0 Å². The Balaban J connectivity index is 1.49. The Morgan fingerprint density at radius 3 is 2.88 bits per heavy atom. The first-order chi connectivity index (χ1) is 12.2. The molecule has 6 nitrogen and oxygen atoms in total. The number of benzene rings is 1. The Morgan fingerprint density at radius 2 is 2.04 bits per heavy atom. The minimum absolute atomic E-state index is 0.444. The van der Waals surface area contributed by atoms with Crippen molar-refractivity contribution in [2.75, 3.05) is 10.6 Å². The van der Waals surface area contributed by atoms with Crippen LogP contribution < -0.4 is 10.6 Å². The molecular weight excluding hydrogens is 341 g/mol. The van der Waals surface area contributed by atoms with Gasteiger partial charge in [-0.05, 0) is 6.07 Å². The minimum Gasteiger partial charge on any atom is -0.344 e. The molecule has 0 saturated heterocycles. The van der Waals surface area contributed by atoms with Crippen LogP contribution in [-0.2, 0) is 0 Å². The Morgan fingerprint density at radius 1 is 1.20 bits per heavy atom. The van der Waals surface area contributed by atoms with Crippen LogP contribution in [0.3, 0.4) is 0 Å². The number of nitrogens with one attached hydrogen (secondary N) is 3. The molecule has 25 heavy (non-hydrogen) atoms. The molecule has 0 atom stereocenters. The van der Waals surface area contributed by atoms with Crippen molar-refractivity contribution in [2.24, 2.45) is 0 Å². The van der Waals surface area contributed by atoms with E-state index in [9.17, 15) is 9.18 Å². The van der Waals surface area contributed by atoms with Gasteiger partial charge in [-0.15, -0.1) is 11.3 Å². The van der Waals surface area contributed by atoms with Crippen LogP contribution in [0.15, 0.2) is 54.2 Å². The second-order valence-corrected chi connectivity index (χ2v) is 6.09. The number of urea groups is 1. The van der Waals surface area contributed by atoms with Crippen LogP contribution in [0, 0.1) is 5.82 Å². The molecule has 0 aliphatic heterocycles. The molecule has 0 spiro atoms. The molecule has 1 aromatic carbocycles. The maximum absolute atomic E-state index is 13.3. The number of rotatable bonds is 3. The fourth-order valence-electron chi connectivity index (χ4n) is 2.40. The van der Waals surface area contributed by atoms with Crippen molar-refractivity contribution in [1.82, 2.24) is 15.0 Å². The zero-order valence-electron chi connectivity index (χ0n) is 12.8. The molecule has 0 fully saturated rings. The highest BCUT2D eigenvalue weighted by Gasteiger charge is 2.11. The van der Waals surface area contributed by atoms with E-state index in [0.29, 0.717) is 21.9 Å². The summed E-state index contributed by atoms with van der Waals surface area (Å²) in [6, 6.07) is 10.5. The standard InChI is InChI=1S/C17H12FN5OS/c18-11-6-12-13(8-20-15(12)19-7-11)21-16(24)23-17-22-14(9-25-17)10-4-2-1-3-5-10/h1-9H,(H,19,20)(H2,21,22,23,24). The highest BCUT2D eigenvalue weighted by Crippen LogP contribution is 2.25. The lowest BCUT2D eigenvalue weighted by Gasteiger charge is -2.04. The van der Waals surface area contributed by atoms with E-state index in [2.05, 4.69) is 25.6 Å². The maximum atomic E-state index is 13.3. The van der Waals surface area contributed by atoms with Crippen LogP contribution in [0.25, 0.3) is 22.3 Å². The van der Waals surface area contributed by atoms with Crippen molar-refractivity contribution in [2.45, 2.75) is 0 Å². The van der Waals surface area contributed by atoms with Gasteiger partial charge in [0, 0.05) is 22.5 Å². The summed E-state index contributed by atoms with van der Waals surface area (Å²) in [6.07, 6.45) is 2.68. The molecule has 4 aromatic rings. The van der Waals surface area contributed by atoms with Crippen molar-refractivity contribution in [3.63, 3.8) is 0 Å². The van der Waals surface area contributed by atoms with E-state index >= 15 is 0 Å². The molecule has 3 N–H and O–H groups in total. The number of H-pyrrole nitrogens is 1. The highest BCUT2D eigenvalue weighted by atomic mass is 32.1. The summed E-state index contributed by atoms with van der Waals surface area (Å²) in [5.74, 6) is -0.469. The number of nitrogens with zero attached hydrogens (tertiary/aromatic N) is 2. The number of anilines is 2. The summed E-state index contributed by atoms with van der Waals surface area (Å²) in [5, 5.41) is 8.19. The fourth-order valence-corrected chi connectivity index (χ4v) is 3.12. The second kappa shape index (κ2) is 6.33. The zero-order chi connectivity index (χ0) is 17.2. The largest absolute Gasteiger partial charge is 0.344 e. The van der Waals surface area contributed by atoms with Crippen molar-refractivity contribution < 1.29 is 9.18 Å². The van der Waals surface area contributed by atoms with Gasteiger partial charge in [0.2, 0.25) is 0 Å². The molecule has 0 saturated carbocycles. The summed E-state index contributed by atoms with van der Waals surface area (Å²) < 4.78 is 13.3. The van der Waals surface area contributed by atoms with E-state index in [1.165, 1.54) is 17.4 Å². The lowest BCUT2D eigenvalue weighted by atomic mass is 10.2. The number of thiazole rings is 1. The average Bonchev–Trinajstić information content (AvgIpc) is 3.23. The Labute approximate surface area is 145 Å². The number of halogens is 1. The molecule has 3 aromatic heterocycles. The van der Waals surface area contributed by atoms with Crippen molar-refractivity contribution in [3.05, 3.63) is 60.0 Å². The topological polar surface area (TPSA) is 82.7 Å². The fraction of sp³-hybridized carbons (Fsp3) is 0. The summed E-state index contributed by atoms with van der Waals surface area (Å²) >= 11 is 1.33. The molecule has 0 radical (unpaired) electrons. The van der Waals surface area contributed by atoms with Crippen LogP contribution >= 0.6 is 11.3 Å². The summed E-state index contributed by atoms with van der Waals surface area (Å²) in [5.41, 5.74) is 2.71. The number of carbonyl (C=O) groups excluding carboxylic acids is 1. The number of aromatic amines is 1. The molecular formula is C17H12FN5OS. The number of carbonyl (C=O) groups is 1. The summed E-state index contributed by atoms with van der Waals surface area (Å²) in [4.78, 5) is 23.4. The normalized spacial score (nSPS) is 10.8. The van der Waals surface area contributed by atoms with E-state index in [1.807, 2.05) is 35.7 Å². The molecule has 0 aliphatic rings. The summed E-state index contributed by atoms with van der Waals surface area (Å²) in [6.45, 7) is 0. The first-order valence-electron chi connectivity index (χ1n) is 7.40. The zero-order valence-corrected chi connectivity index (χ0v) is 13.6. The maximum Gasteiger partial charge on any atom is 0.325 e. The van der Waals surface area contributed by atoms with E-state index in [1.54, 1.807) is 6.20 Å². The lowest BCUT2D eigenvalue weighted by molar-refractivity contribution is 0.262. The number of fused-ring (bicyclic) bond motifs is 1. The van der Waals surface area contributed by atoms with Gasteiger partial charge in [-0.2, -0.15) is 0 Å². The van der Waals surface area contributed by atoms with Crippen molar-refractivity contribution >= 4 is 39.2 Å². The SMILES string of the molecule is O=C(Nc1nc(-c2ccccc2)cs1)Nc1c[nH]c2ncc(F)cc12. The van der Waals surface area contributed by atoms with Crippen LogP contribution in [0.5, 0.6) is 0 Å². The highest BCUT2D eigenvalue weighted by molar-refractivity contribution is 7.14. The van der Waals surface area contributed by atoms with Gasteiger partial charge in [0.05, 0.1) is 17.6 Å². The van der Waals surface area contributed by atoms with Gasteiger partial charge >= 0.3 is 6.03 Å². The van der Waals surface area contributed by atoms with E-state index in [4.69, 9.17) is 0 Å². The Kier molecular flexibility index (Phi) is 3.87. The van der Waals surface area contributed by atoms with Crippen LogP contribution in [0.1, 0.15) is 0 Å². The Bertz CT molecular complexity index is 1040. The third-order valence-electron chi connectivity index (χ3n) is 3.54. The van der Waals surface area contributed by atoms with E-state index in [-0.39, 0.29) is 0 Å². The number of amides is 2. The van der Waals surface area contributed by atoms with Crippen LogP contribution in [0.4, 0.5) is 20.0 Å².